The summed E-state index contributed by atoms with van der Waals surface area (Å²) in [6, 6.07) is 3.64. The van der Waals surface area contributed by atoms with Crippen LogP contribution in [0.1, 0.15) is 37.8 Å². The van der Waals surface area contributed by atoms with Gasteiger partial charge in [-0.25, -0.2) is 4.98 Å². The summed E-state index contributed by atoms with van der Waals surface area (Å²) >= 11 is 5.94. The fourth-order valence-electron chi connectivity index (χ4n) is 2.77. The van der Waals surface area contributed by atoms with E-state index in [1.165, 1.54) is 19.3 Å². The van der Waals surface area contributed by atoms with Crippen molar-refractivity contribution < 1.29 is 9.53 Å². The molecule has 1 fully saturated rings. The Bertz CT molecular complexity index is 650. The van der Waals surface area contributed by atoms with Gasteiger partial charge in [0.25, 0.3) is 0 Å². The number of pyridine rings is 1. The van der Waals surface area contributed by atoms with Crippen molar-refractivity contribution in [1.82, 2.24) is 14.7 Å². The zero-order valence-corrected chi connectivity index (χ0v) is 13.2. The summed E-state index contributed by atoms with van der Waals surface area (Å²) in [7, 11) is 0. The van der Waals surface area contributed by atoms with Crippen LogP contribution in [0, 0.1) is 0 Å². The lowest BCUT2D eigenvalue weighted by atomic mass is 9.98. The first-order valence-electron chi connectivity index (χ1n) is 7.72. The van der Waals surface area contributed by atoms with Crippen molar-refractivity contribution >= 4 is 23.2 Å². The number of rotatable bonds is 5. The smallest absolute Gasteiger partial charge is 0.246 e. The van der Waals surface area contributed by atoms with Crippen molar-refractivity contribution in [2.45, 2.75) is 44.8 Å². The number of nitrogens with one attached hydrogen (secondary N) is 1. The van der Waals surface area contributed by atoms with Crippen LogP contribution in [0.2, 0.25) is 5.02 Å². The molecular weight excluding hydrogens is 302 g/mol. The van der Waals surface area contributed by atoms with Crippen LogP contribution >= 0.6 is 11.6 Å². The van der Waals surface area contributed by atoms with E-state index in [0.717, 1.165) is 24.2 Å². The van der Waals surface area contributed by atoms with Gasteiger partial charge >= 0.3 is 0 Å². The molecule has 0 spiro atoms. The SMILES string of the molecule is O=C(COC1CCCCC1)NCc1cn2cc(Cl)ccc2n1. The van der Waals surface area contributed by atoms with Crippen LogP contribution in [0.25, 0.3) is 5.65 Å². The number of carbonyl (C=O) groups is 1. The van der Waals surface area contributed by atoms with Crippen molar-refractivity contribution in [3.05, 3.63) is 35.2 Å². The lowest BCUT2D eigenvalue weighted by Gasteiger charge is -2.21. The molecule has 1 N–H and O–H groups in total. The van der Waals surface area contributed by atoms with Gasteiger partial charge in [-0.1, -0.05) is 30.9 Å². The number of carbonyl (C=O) groups excluding carboxylic acids is 1. The molecular formula is C16H20ClN3O2. The van der Waals surface area contributed by atoms with Gasteiger partial charge in [-0.3, -0.25) is 4.79 Å². The van der Waals surface area contributed by atoms with Gasteiger partial charge in [-0.2, -0.15) is 0 Å². The number of halogens is 1. The number of imidazole rings is 1. The number of hydrogen-bond acceptors (Lipinski definition) is 3. The Kier molecular flexibility index (Phi) is 4.95. The molecule has 0 bridgehead atoms. The second-order valence-electron chi connectivity index (χ2n) is 5.69. The van der Waals surface area contributed by atoms with Crippen molar-refractivity contribution in [3.8, 4) is 0 Å². The van der Waals surface area contributed by atoms with E-state index in [1.807, 2.05) is 16.7 Å². The van der Waals surface area contributed by atoms with Gasteiger partial charge in [0.05, 0.1) is 23.4 Å². The Morgan fingerprint density at radius 1 is 1.32 bits per heavy atom. The maximum atomic E-state index is 11.8. The van der Waals surface area contributed by atoms with Gasteiger partial charge in [-0.05, 0) is 25.0 Å². The summed E-state index contributed by atoms with van der Waals surface area (Å²) in [4.78, 5) is 16.3. The van der Waals surface area contributed by atoms with Gasteiger partial charge in [0.15, 0.2) is 0 Å². The maximum Gasteiger partial charge on any atom is 0.246 e. The molecule has 1 aliphatic rings. The number of amides is 1. The van der Waals surface area contributed by atoms with Crippen LogP contribution < -0.4 is 5.32 Å². The number of nitrogens with zero attached hydrogens (tertiary/aromatic N) is 2. The molecule has 1 saturated carbocycles. The largest absolute Gasteiger partial charge is 0.368 e. The van der Waals surface area contributed by atoms with Crippen molar-refractivity contribution in [2.24, 2.45) is 0 Å². The number of fused-ring (bicyclic) bond motifs is 1. The molecule has 0 aliphatic heterocycles. The van der Waals surface area contributed by atoms with E-state index in [0.29, 0.717) is 11.6 Å². The standard InChI is InChI=1S/C16H20ClN3O2/c17-12-6-7-15-19-13(10-20(15)9-12)8-18-16(21)11-22-14-4-2-1-3-5-14/h6-7,9-10,14H,1-5,8,11H2,(H,18,21). The molecule has 2 heterocycles. The average Bonchev–Trinajstić information content (AvgIpc) is 2.94. The van der Waals surface area contributed by atoms with Gasteiger partial charge in [-0.15, -0.1) is 0 Å². The van der Waals surface area contributed by atoms with E-state index in [9.17, 15) is 4.79 Å². The summed E-state index contributed by atoms with van der Waals surface area (Å²) in [5.74, 6) is -0.0966. The fourth-order valence-corrected chi connectivity index (χ4v) is 2.94. The third-order valence-electron chi connectivity index (χ3n) is 3.93. The van der Waals surface area contributed by atoms with Crippen LogP contribution in [0.4, 0.5) is 0 Å². The molecule has 6 heteroatoms. The Morgan fingerprint density at radius 3 is 2.95 bits per heavy atom. The Morgan fingerprint density at radius 2 is 2.14 bits per heavy atom. The van der Waals surface area contributed by atoms with Crippen LogP contribution in [0.15, 0.2) is 24.5 Å². The monoisotopic (exact) mass is 321 g/mol. The first-order valence-corrected chi connectivity index (χ1v) is 8.10. The minimum atomic E-state index is -0.0966. The zero-order chi connectivity index (χ0) is 15.4. The summed E-state index contributed by atoms with van der Waals surface area (Å²) < 4.78 is 7.50. The first-order chi connectivity index (χ1) is 10.7. The Hall–Kier alpha value is -1.59. The predicted molar refractivity (Wildman–Crippen MR) is 84.9 cm³/mol. The highest BCUT2D eigenvalue weighted by Gasteiger charge is 2.15. The van der Waals surface area contributed by atoms with E-state index >= 15 is 0 Å². The topological polar surface area (TPSA) is 55.6 Å². The zero-order valence-electron chi connectivity index (χ0n) is 12.4. The second-order valence-corrected chi connectivity index (χ2v) is 6.13. The number of hydrogen-bond donors (Lipinski definition) is 1. The fraction of sp³-hybridized carbons (Fsp3) is 0.500. The normalized spacial score (nSPS) is 16.0. The van der Waals surface area contributed by atoms with Crippen molar-refractivity contribution in [3.63, 3.8) is 0 Å². The van der Waals surface area contributed by atoms with Gasteiger partial charge in [0.1, 0.15) is 12.3 Å². The van der Waals surface area contributed by atoms with Crippen LogP contribution in [-0.2, 0) is 16.1 Å². The molecule has 2 aromatic rings. The van der Waals surface area contributed by atoms with Crippen LogP contribution in [-0.4, -0.2) is 28.0 Å². The molecule has 1 aliphatic carbocycles. The molecule has 2 aromatic heterocycles. The van der Waals surface area contributed by atoms with E-state index in [2.05, 4.69) is 10.3 Å². The highest BCUT2D eigenvalue weighted by molar-refractivity contribution is 6.30. The highest BCUT2D eigenvalue weighted by atomic mass is 35.5. The predicted octanol–water partition coefficient (Wildman–Crippen LogP) is 2.95. The Labute approximate surface area is 134 Å². The van der Waals surface area contributed by atoms with E-state index in [4.69, 9.17) is 16.3 Å². The third-order valence-corrected chi connectivity index (χ3v) is 4.16. The first kappa shape index (κ1) is 15.3. The molecule has 5 nitrogen and oxygen atoms in total. The Balaban J connectivity index is 1.47. The highest BCUT2D eigenvalue weighted by Crippen LogP contribution is 2.20. The summed E-state index contributed by atoms with van der Waals surface area (Å²) in [5.41, 5.74) is 1.61. The molecule has 0 aromatic carbocycles. The summed E-state index contributed by atoms with van der Waals surface area (Å²) in [6.07, 6.45) is 9.74. The molecule has 118 valence electrons. The summed E-state index contributed by atoms with van der Waals surface area (Å²) in [6.45, 7) is 0.524. The van der Waals surface area contributed by atoms with E-state index in [-0.39, 0.29) is 18.6 Å². The minimum absolute atomic E-state index is 0.0966. The number of aromatic nitrogens is 2. The molecule has 0 saturated heterocycles. The number of ether oxygens (including phenoxy) is 1. The summed E-state index contributed by atoms with van der Waals surface area (Å²) in [5, 5.41) is 3.50. The quantitative estimate of drug-likeness (QED) is 0.921. The van der Waals surface area contributed by atoms with E-state index < -0.39 is 0 Å². The third kappa shape index (κ3) is 3.99. The maximum absolute atomic E-state index is 11.8. The lowest BCUT2D eigenvalue weighted by Crippen LogP contribution is -2.30. The second kappa shape index (κ2) is 7.11. The lowest BCUT2D eigenvalue weighted by molar-refractivity contribution is -0.128. The molecule has 0 atom stereocenters. The van der Waals surface area contributed by atoms with Crippen LogP contribution in [0.3, 0.4) is 0 Å². The van der Waals surface area contributed by atoms with E-state index in [1.54, 1.807) is 12.3 Å². The molecule has 0 radical (unpaired) electrons. The van der Waals surface area contributed by atoms with Crippen molar-refractivity contribution in [1.29, 1.82) is 0 Å². The van der Waals surface area contributed by atoms with Crippen LogP contribution in [0.5, 0.6) is 0 Å². The van der Waals surface area contributed by atoms with Gasteiger partial charge in [0, 0.05) is 12.4 Å². The van der Waals surface area contributed by atoms with Gasteiger partial charge < -0.3 is 14.5 Å². The molecule has 3 rings (SSSR count). The molecule has 0 unspecified atom stereocenters. The average molecular weight is 322 g/mol. The molecule has 1 amide bonds. The molecule has 22 heavy (non-hydrogen) atoms. The minimum Gasteiger partial charge on any atom is -0.368 e. The van der Waals surface area contributed by atoms with Gasteiger partial charge in [0.2, 0.25) is 5.91 Å². The van der Waals surface area contributed by atoms with Crippen molar-refractivity contribution in [2.75, 3.05) is 6.61 Å².